The molecule has 0 saturated heterocycles. The molecule has 0 spiro atoms. The molecule has 0 amide bonds. The second kappa shape index (κ2) is 8.71. The zero-order chi connectivity index (χ0) is 22.1. The zero-order valence-corrected chi connectivity index (χ0v) is 18.7. The highest BCUT2D eigenvalue weighted by molar-refractivity contribution is 5.93. The molecular weight excluding hydrogens is 398 g/mol. The van der Waals surface area contributed by atoms with Crippen molar-refractivity contribution in [1.29, 1.82) is 0 Å². The third kappa shape index (κ3) is 4.10. The molecule has 1 aliphatic heterocycles. The Labute approximate surface area is 187 Å². The Bertz CT molecular complexity index is 1310. The molecule has 0 aliphatic carbocycles. The highest BCUT2D eigenvalue weighted by Crippen LogP contribution is 2.27. The molecule has 164 valence electrons. The van der Waals surface area contributed by atoms with Crippen LogP contribution in [0.5, 0.6) is 0 Å². The Morgan fingerprint density at radius 3 is 2.81 bits per heavy atom. The van der Waals surface area contributed by atoms with Crippen molar-refractivity contribution in [2.24, 2.45) is 5.92 Å². The monoisotopic (exact) mass is 427 g/mol. The first-order valence-corrected chi connectivity index (χ1v) is 11.4. The van der Waals surface area contributed by atoms with Gasteiger partial charge in [0.2, 0.25) is 0 Å². The van der Waals surface area contributed by atoms with Gasteiger partial charge in [-0.05, 0) is 35.6 Å². The van der Waals surface area contributed by atoms with E-state index in [9.17, 15) is 4.79 Å². The number of nitrogens with zero attached hydrogens (tertiary/aromatic N) is 5. The molecule has 0 bridgehead atoms. The number of hydrogen-bond acceptors (Lipinski definition) is 4. The van der Waals surface area contributed by atoms with Gasteiger partial charge in [-0.25, -0.2) is 9.67 Å². The van der Waals surface area contributed by atoms with Crippen LogP contribution in [0.3, 0.4) is 0 Å². The fourth-order valence-corrected chi connectivity index (χ4v) is 4.62. The van der Waals surface area contributed by atoms with E-state index in [1.165, 1.54) is 5.57 Å². The van der Waals surface area contributed by atoms with Gasteiger partial charge in [0.05, 0.1) is 23.8 Å². The Kier molecular flexibility index (Phi) is 5.62. The van der Waals surface area contributed by atoms with Gasteiger partial charge in [-0.3, -0.25) is 9.69 Å². The second-order valence-corrected chi connectivity index (χ2v) is 9.02. The molecule has 1 aliphatic rings. The summed E-state index contributed by atoms with van der Waals surface area (Å²) in [6, 6.07) is 12.0. The van der Waals surface area contributed by atoms with E-state index in [1.54, 1.807) is 4.68 Å². The Balaban J connectivity index is 1.43. The number of fused-ring (bicyclic) bond motifs is 2. The number of aryl methyl sites for hydroxylation is 2. The average Bonchev–Trinajstić information content (AvgIpc) is 3.21. The zero-order valence-electron chi connectivity index (χ0n) is 18.7. The number of aromatic nitrogens is 4. The third-order valence-corrected chi connectivity index (χ3v) is 6.14. The third-order valence-electron chi connectivity index (χ3n) is 6.14. The van der Waals surface area contributed by atoms with Crippen molar-refractivity contribution in [2.45, 2.75) is 33.2 Å². The van der Waals surface area contributed by atoms with Gasteiger partial charge in [-0.15, -0.1) is 0 Å². The minimum absolute atomic E-state index is 0.0209. The van der Waals surface area contributed by atoms with Crippen LogP contribution in [0.15, 0.2) is 65.9 Å². The van der Waals surface area contributed by atoms with Gasteiger partial charge < -0.3 is 4.40 Å². The van der Waals surface area contributed by atoms with E-state index in [4.69, 9.17) is 0 Å². The van der Waals surface area contributed by atoms with Gasteiger partial charge >= 0.3 is 0 Å². The van der Waals surface area contributed by atoms with Crippen molar-refractivity contribution in [1.82, 2.24) is 24.1 Å². The van der Waals surface area contributed by atoms with Gasteiger partial charge in [0.1, 0.15) is 5.65 Å². The lowest BCUT2D eigenvalue weighted by Crippen LogP contribution is -2.32. The van der Waals surface area contributed by atoms with Crippen molar-refractivity contribution in [3.63, 3.8) is 0 Å². The number of pyridine rings is 1. The average molecular weight is 428 g/mol. The summed E-state index contributed by atoms with van der Waals surface area (Å²) in [4.78, 5) is 20.6. The topological polar surface area (TPSA) is 55.4 Å². The molecule has 0 atom stereocenters. The summed E-state index contributed by atoms with van der Waals surface area (Å²) >= 11 is 0. The van der Waals surface area contributed by atoms with E-state index in [0.717, 1.165) is 53.7 Å². The summed E-state index contributed by atoms with van der Waals surface area (Å²) in [7, 11) is 0. The van der Waals surface area contributed by atoms with Gasteiger partial charge in [0.25, 0.3) is 5.56 Å². The summed E-state index contributed by atoms with van der Waals surface area (Å²) in [6.07, 6.45) is 9.74. The van der Waals surface area contributed by atoms with Crippen LogP contribution >= 0.6 is 0 Å². The van der Waals surface area contributed by atoms with Gasteiger partial charge in [-0.2, -0.15) is 5.10 Å². The standard InChI is InChI=1S/C26H29N5O/c1-19(2)17-29-13-9-20(10-14-29)23-7-5-6-21-16-27-31(26(32)25(21)23)15-11-22-18-30-12-4-3-8-24(30)28-22/h3-9,12,16,18-19H,10-11,13-15,17H2,1-2H3. The normalized spacial score (nSPS) is 15.0. The maximum Gasteiger partial charge on any atom is 0.275 e. The molecular formula is C26H29N5O. The van der Waals surface area contributed by atoms with Crippen LogP contribution in [-0.2, 0) is 13.0 Å². The van der Waals surface area contributed by atoms with E-state index < -0.39 is 0 Å². The fraction of sp³-hybridized carbons (Fsp3) is 0.346. The Hall–Kier alpha value is -3.25. The SMILES string of the molecule is CC(C)CN1CC=C(c2cccc3cnn(CCc4cn5ccccc5n4)c(=O)c23)CC1. The van der Waals surface area contributed by atoms with Crippen molar-refractivity contribution >= 4 is 22.0 Å². The van der Waals surface area contributed by atoms with Crippen LogP contribution in [0.2, 0.25) is 0 Å². The lowest BCUT2D eigenvalue weighted by molar-refractivity contribution is 0.268. The smallest absolute Gasteiger partial charge is 0.275 e. The molecule has 0 unspecified atom stereocenters. The highest BCUT2D eigenvalue weighted by Gasteiger charge is 2.17. The van der Waals surface area contributed by atoms with Crippen LogP contribution in [0, 0.1) is 5.92 Å². The largest absolute Gasteiger partial charge is 0.307 e. The highest BCUT2D eigenvalue weighted by atomic mass is 16.1. The molecule has 6 heteroatoms. The first-order chi connectivity index (χ1) is 15.6. The van der Waals surface area contributed by atoms with E-state index in [2.05, 4.69) is 41.0 Å². The van der Waals surface area contributed by atoms with Crippen LogP contribution in [0.25, 0.3) is 22.0 Å². The second-order valence-electron chi connectivity index (χ2n) is 9.02. The van der Waals surface area contributed by atoms with Crippen LogP contribution in [-0.4, -0.2) is 43.7 Å². The number of rotatable bonds is 6. The minimum Gasteiger partial charge on any atom is -0.307 e. The molecule has 32 heavy (non-hydrogen) atoms. The molecule has 0 N–H and O–H groups in total. The molecule has 3 aromatic heterocycles. The van der Waals surface area contributed by atoms with Crippen molar-refractivity contribution in [3.8, 4) is 0 Å². The van der Waals surface area contributed by atoms with E-state index in [-0.39, 0.29) is 5.56 Å². The first kappa shape index (κ1) is 20.6. The van der Waals surface area contributed by atoms with Crippen LogP contribution in [0.4, 0.5) is 0 Å². The Morgan fingerprint density at radius 1 is 1.12 bits per heavy atom. The summed E-state index contributed by atoms with van der Waals surface area (Å²) < 4.78 is 3.59. The predicted molar refractivity (Wildman–Crippen MR) is 129 cm³/mol. The maximum absolute atomic E-state index is 13.4. The number of imidazole rings is 1. The summed E-state index contributed by atoms with van der Waals surface area (Å²) in [5.74, 6) is 0.661. The molecule has 4 heterocycles. The van der Waals surface area contributed by atoms with Gasteiger partial charge in [-0.1, -0.05) is 44.2 Å². The summed E-state index contributed by atoms with van der Waals surface area (Å²) in [6.45, 7) is 8.11. The fourth-order valence-electron chi connectivity index (χ4n) is 4.62. The van der Waals surface area contributed by atoms with Crippen molar-refractivity contribution < 1.29 is 0 Å². The van der Waals surface area contributed by atoms with E-state index >= 15 is 0 Å². The molecule has 0 radical (unpaired) electrons. The molecule has 1 aromatic carbocycles. The molecule has 5 rings (SSSR count). The van der Waals surface area contributed by atoms with Crippen molar-refractivity contribution in [3.05, 3.63) is 82.7 Å². The van der Waals surface area contributed by atoms with Gasteiger partial charge in [0, 0.05) is 43.8 Å². The maximum atomic E-state index is 13.4. The van der Waals surface area contributed by atoms with Crippen LogP contribution < -0.4 is 5.56 Å². The van der Waals surface area contributed by atoms with Crippen molar-refractivity contribution in [2.75, 3.05) is 19.6 Å². The first-order valence-electron chi connectivity index (χ1n) is 11.4. The van der Waals surface area contributed by atoms with Crippen LogP contribution in [0.1, 0.15) is 31.5 Å². The number of hydrogen-bond donors (Lipinski definition) is 0. The van der Waals surface area contributed by atoms with Gasteiger partial charge in [0.15, 0.2) is 0 Å². The lowest BCUT2D eigenvalue weighted by atomic mass is 9.95. The molecule has 4 aromatic rings. The molecule has 0 saturated carbocycles. The lowest BCUT2D eigenvalue weighted by Gasteiger charge is -2.28. The van der Waals surface area contributed by atoms with E-state index in [1.807, 2.05) is 53.3 Å². The minimum atomic E-state index is -0.0209. The summed E-state index contributed by atoms with van der Waals surface area (Å²) in [5, 5.41) is 6.13. The molecule has 0 fully saturated rings. The Morgan fingerprint density at radius 2 is 2.03 bits per heavy atom. The van der Waals surface area contributed by atoms with E-state index in [0.29, 0.717) is 18.9 Å². The predicted octanol–water partition coefficient (Wildman–Crippen LogP) is 4.03. The summed E-state index contributed by atoms with van der Waals surface area (Å²) in [5.41, 5.74) is 4.18. The quantitative estimate of drug-likeness (QED) is 0.466. The number of benzene rings is 1. The molecule has 6 nitrogen and oxygen atoms in total.